The third kappa shape index (κ3) is 3.26. The molecule has 0 atom stereocenters. The van der Waals surface area contributed by atoms with Crippen LogP contribution in [0.4, 0.5) is 11.6 Å². The molecule has 2 N–H and O–H groups in total. The summed E-state index contributed by atoms with van der Waals surface area (Å²) in [6.45, 7) is 1.78. The number of halogens is 1. The zero-order valence-electron chi connectivity index (χ0n) is 10.9. The minimum atomic E-state index is -3.69. The van der Waals surface area contributed by atoms with E-state index in [1.165, 1.54) is 24.5 Å². The van der Waals surface area contributed by atoms with Crippen LogP contribution >= 0.6 is 15.9 Å². The highest BCUT2D eigenvalue weighted by molar-refractivity contribution is 9.10. The molecule has 0 spiro atoms. The second-order valence-corrected chi connectivity index (χ2v) is 6.65. The van der Waals surface area contributed by atoms with Crippen LogP contribution in [0.2, 0.25) is 0 Å². The number of nitrogens with zero attached hydrogens (tertiary/aromatic N) is 2. The minimum Gasteiger partial charge on any atom is -0.373 e. The topological polar surface area (TPSA) is 84.0 Å². The number of nitrogens with one attached hydrogen (secondary N) is 2. The molecule has 0 aliphatic carbocycles. The van der Waals surface area contributed by atoms with Crippen LogP contribution in [0.25, 0.3) is 0 Å². The van der Waals surface area contributed by atoms with Gasteiger partial charge in [0.15, 0.2) is 0 Å². The van der Waals surface area contributed by atoms with Gasteiger partial charge in [-0.25, -0.2) is 18.4 Å². The van der Waals surface area contributed by atoms with Crippen molar-refractivity contribution in [3.8, 4) is 0 Å². The van der Waals surface area contributed by atoms with E-state index in [1.54, 1.807) is 20.0 Å². The summed E-state index contributed by atoms with van der Waals surface area (Å²) in [5.41, 5.74) is 0.728. The number of sulfonamides is 1. The van der Waals surface area contributed by atoms with Crippen LogP contribution in [0.15, 0.2) is 40.0 Å². The molecule has 8 heteroatoms. The van der Waals surface area contributed by atoms with Crippen LogP contribution in [-0.2, 0) is 10.0 Å². The molecule has 2 heterocycles. The van der Waals surface area contributed by atoms with Crippen molar-refractivity contribution in [1.29, 1.82) is 0 Å². The lowest BCUT2D eigenvalue weighted by Crippen LogP contribution is -2.15. The third-order valence-electron chi connectivity index (χ3n) is 2.57. The first kappa shape index (κ1) is 14.7. The molecule has 20 heavy (non-hydrogen) atoms. The third-order valence-corrected chi connectivity index (χ3v) is 4.34. The van der Waals surface area contributed by atoms with Gasteiger partial charge in [0.1, 0.15) is 11.6 Å². The van der Waals surface area contributed by atoms with Crippen LogP contribution in [-0.4, -0.2) is 25.4 Å². The minimum absolute atomic E-state index is 0.126. The summed E-state index contributed by atoms with van der Waals surface area (Å²) in [6.07, 6.45) is 2.97. The van der Waals surface area contributed by atoms with Crippen molar-refractivity contribution in [3.05, 3.63) is 40.6 Å². The zero-order valence-corrected chi connectivity index (χ0v) is 13.3. The molecule has 2 rings (SSSR count). The number of pyridine rings is 2. The molecule has 0 aliphatic heterocycles. The van der Waals surface area contributed by atoms with E-state index in [4.69, 9.17) is 0 Å². The fourth-order valence-corrected chi connectivity index (χ4v) is 3.09. The first-order valence-corrected chi connectivity index (χ1v) is 7.99. The average Bonchev–Trinajstić information content (AvgIpc) is 2.42. The van der Waals surface area contributed by atoms with Gasteiger partial charge in [-0.2, -0.15) is 0 Å². The Kier molecular flexibility index (Phi) is 4.24. The van der Waals surface area contributed by atoms with Crippen molar-refractivity contribution in [3.63, 3.8) is 0 Å². The predicted molar refractivity (Wildman–Crippen MR) is 81.3 cm³/mol. The van der Waals surface area contributed by atoms with E-state index in [0.717, 1.165) is 10.0 Å². The zero-order chi connectivity index (χ0) is 14.8. The maximum atomic E-state index is 12.3. The van der Waals surface area contributed by atoms with Gasteiger partial charge in [0, 0.05) is 30.0 Å². The molecule has 2 aromatic heterocycles. The first-order valence-electron chi connectivity index (χ1n) is 5.71. The molecule has 0 saturated carbocycles. The van der Waals surface area contributed by atoms with E-state index in [9.17, 15) is 8.42 Å². The van der Waals surface area contributed by atoms with E-state index in [-0.39, 0.29) is 4.90 Å². The smallest absolute Gasteiger partial charge is 0.263 e. The van der Waals surface area contributed by atoms with Gasteiger partial charge in [-0.05, 0) is 40.5 Å². The van der Waals surface area contributed by atoms with Crippen molar-refractivity contribution < 1.29 is 8.42 Å². The predicted octanol–water partition coefficient (Wildman–Crippen LogP) is 2.39. The van der Waals surface area contributed by atoms with Crippen LogP contribution < -0.4 is 10.0 Å². The monoisotopic (exact) mass is 356 g/mol. The lowest BCUT2D eigenvalue weighted by Gasteiger charge is -2.10. The van der Waals surface area contributed by atoms with Crippen LogP contribution in [0, 0.1) is 6.92 Å². The van der Waals surface area contributed by atoms with Crippen LogP contribution in [0.1, 0.15) is 5.56 Å². The van der Waals surface area contributed by atoms with Gasteiger partial charge >= 0.3 is 0 Å². The molecule has 0 saturated heterocycles. The maximum absolute atomic E-state index is 12.3. The number of aryl methyl sites for hydroxylation is 1. The summed E-state index contributed by atoms with van der Waals surface area (Å²) in [5.74, 6) is 0.782. The number of aromatic nitrogens is 2. The van der Waals surface area contributed by atoms with Gasteiger partial charge in [0.05, 0.1) is 4.90 Å². The van der Waals surface area contributed by atoms with E-state index in [1.807, 2.05) is 0 Å². The molecule has 6 nitrogen and oxygen atoms in total. The Morgan fingerprint density at radius 3 is 2.65 bits per heavy atom. The summed E-state index contributed by atoms with van der Waals surface area (Å²) >= 11 is 3.28. The number of hydrogen-bond acceptors (Lipinski definition) is 5. The van der Waals surface area contributed by atoms with Gasteiger partial charge in [0.2, 0.25) is 0 Å². The molecule has 0 radical (unpaired) electrons. The summed E-state index contributed by atoms with van der Waals surface area (Å²) in [6, 6.07) is 4.67. The molecule has 2 aromatic rings. The van der Waals surface area contributed by atoms with Crippen LogP contribution in [0.3, 0.4) is 0 Å². The summed E-state index contributed by atoms with van der Waals surface area (Å²) in [5, 5.41) is 2.80. The maximum Gasteiger partial charge on any atom is 0.263 e. The van der Waals surface area contributed by atoms with Gasteiger partial charge < -0.3 is 5.32 Å². The normalized spacial score (nSPS) is 11.2. The van der Waals surface area contributed by atoms with E-state index < -0.39 is 10.0 Å². The second kappa shape index (κ2) is 5.76. The molecule has 0 unspecified atom stereocenters. The van der Waals surface area contributed by atoms with Crippen molar-refractivity contribution in [2.75, 3.05) is 17.1 Å². The quantitative estimate of drug-likeness (QED) is 0.878. The average molecular weight is 357 g/mol. The van der Waals surface area contributed by atoms with E-state index in [0.29, 0.717) is 11.6 Å². The van der Waals surface area contributed by atoms with Gasteiger partial charge in [-0.1, -0.05) is 0 Å². The SMILES string of the molecule is CNc1cc(S(=O)(=O)Nc2ncc(Br)cc2C)ccn1. The molecule has 0 bridgehead atoms. The van der Waals surface area contributed by atoms with Crippen molar-refractivity contribution in [2.45, 2.75) is 11.8 Å². The molecule has 0 fully saturated rings. The Morgan fingerprint density at radius 1 is 1.25 bits per heavy atom. The summed E-state index contributed by atoms with van der Waals surface area (Å²) in [4.78, 5) is 8.17. The first-order chi connectivity index (χ1) is 9.42. The van der Waals surface area contributed by atoms with Crippen molar-refractivity contribution in [1.82, 2.24) is 9.97 Å². The highest BCUT2D eigenvalue weighted by Crippen LogP contribution is 2.21. The van der Waals surface area contributed by atoms with E-state index in [2.05, 4.69) is 35.9 Å². The highest BCUT2D eigenvalue weighted by Gasteiger charge is 2.16. The summed E-state index contributed by atoms with van der Waals surface area (Å²) < 4.78 is 27.8. The lowest BCUT2D eigenvalue weighted by atomic mass is 10.3. The van der Waals surface area contributed by atoms with Crippen molar-refractivity contribution in [2.24, 2.45) is 0 Å². The molecule has 0 aliphatic rings. The Bertz CT molecular complexity index is 734. The number of anilines is 2. The molecule has 0 amide bonds. The number of rotatable bonds is 4. The standard InChI is InChI=1S/C12H13BrN4O2S/c1-8-5-9(13)7-16-12(8)17-20(18,19)10-3-4-15-11(6-10)14-2/h3-7H,1-2H3,(H,14,15)(H,16,17). The van der Waals surface area contributed by atoms with Crippen LogP contribution in [0.5, 0.6) is 0 Å². The largest absolute Gasteiger partial charge is 0.373 e. The molecule has 106 valence electrons. The van der Waals surface area contributed by atoms with E-state index >= 15 is 0 Å². The van der Waals surface area contributed by atoms with Gasteiger partial charge in [-0.3, -0.25) is 4.72 Å². The lowest BCUT2D eigenvalue weighted by molar-refractivity contribution is 0.601. The fourth-order valence-electron chi connectivity index (χ4n) is 1.55. The Labute approximate surface area is 125 Å². The Morgan fingerprint density at radius 2 is 2.00 bits per heavy atom. The summed E-state index contributed by atoms with van der Waals surface area (Å²) in [7, 11) is -2.02. The Balaban J connectivity index is 2.35. The molecular formula is C12H13BrN4O2S. The molecular weight excluding hydrogens is 344 g/mol. The van der Waals surface area contributed by atoms with Crippen molar-refractivity contribution >= 4 is 37.6 Å². The fraction of sp³-hybridized carbons (Fsp3) is 0.167. The molecule has 0 aromatic carbocycles. The number of hydrogen-bond donors (Lipinski definition) is 2. The van der Waals surface area contributed by atoms with Gasteiger partial charge in [0.25, 0.3) is 10.0 Å². The second-order valence-electron chi connectivity index (χ2n) is 4.05. The van der Waals surface area contributed by atoms with Gasteiger partial charge in [-0.15, -0.1) is 0 Å². The highest BCUT2D eigenvalue weighted by atomic mass is 79.9. The Hall–Kier alpha value is -1.67.